The van der Waals surface area contributed by atoms with Gasteiger partial charge in [-0.25, -0.2) is 9.18 Å². The summed E-state index contributed by atoms with van der Waals surface area (Å²) >= 11 is 0. The van der Waals surface area contributed by atoms with E-state index in [1.165, 1.54) is 19.4 Å². The average molecular weight is 349 g/mol. The third-order valence-electron chi connectivity index (χ3n) is 4.13. The van der Waals surface area contributed by atoms with Crippen molar-refractivity contribution in [3.63, 3.8) is 0 Å². The number of hydrogen-bond acceptors (Lipinski definition) is 5. The van der Waals surface area contributed by atoms with Crippen molar-refractivity contribution in [1.29, 1.82) is 0 Å². The maximum absolute atomic E-state index is 14.1. The van der Waals surface area contributed by atoms with Crippen LogP contribution in [0.25, 0.3) is 10.9 Å². The number of ether oxygens (including phenoxy) is 3. The summed E-state index contributed by atoms with van der Waals surface area (Å²) in [6.07, 6.45) is 3.38. The average Bonchev–Trinajstić information content (AvgIpc) is 3.44. The molecule has 0 bridgehead atoms. The Balaban J connectivity index is 2.03. The number of pyridine rings is 1. The second kappa shape index (κ2) is 7.23. The molecule has 0 spiro atoms. The predicted molar refractivity (Wildman–Crippen MR) is 89.8 cm³/mol. The summed E-state index contributed by atoms with van der Waals surface area (Å²) in [5.74, 6) is -1.30. The fourth-order valence-corrected chi connectivity index (χ4v) is 2.72. The Kier molecular flexibility index (Phi) is 5.03. The summed E-state index contributed by atoms with van der Waals surface area (Å²) < 4.78 is 31.1. The maximum atomic E-state index is 14.1. The van der Waals surface area contributed by atoms with E-state index in [1.54, 1.807) is 0 Å². The molecule has 1 aromatic heterocycles. The number of methoxy groups -OCH3 is 1. The van der Waals surface area contributed by atoms with E-state index in [9.17, 15) is 14.0 Å². The molecule has 7 heteroatoms. The van der Waals surface area contributed by atoms with Crippen molar-refractivity contribution in [2.75, 3.05) is 26.9 Å². The molecule has 1 aliphatic rings. The van der Waals surface area contributed by atoms with Crippen LogP contribution in [0, 0.1) is 5.82 Å². The molecule has 1 saturated carbocycles. The molecular formula is C18H20FNO5. The molecule has 0 aliphatic heterocycles. The van der Waals surface area contributed by atoms with Crippen molar-refractivity contribution in [3.8, 4) is 5.75 Å². The number of nitrogens with zero attached hydrogens (tertiary/aromatic N) is 1. The Morgan fingerprint density at radius 1 is 1.32 bits per heavy atom. The number of aromatic nitrogens is 1. The highest BCUT2D eigenvalue weighted by molar-refractivity contribution is 5.94. The molecule has 1 aromatic carbocycles. The minimum Gasteiger partial charge on any atom is -0.494 e. The minimum absolute atomic E-state index is 0.0601. The maximum Gasteiger partial charge on any atom is 0.343 e. The van der Waals surface area contributed by atoms with Gasteiger partial charge in [-0.2, -0.15) is 0 Å². The third kappa shape index (κ3) is 3.51. The van der Waals surface area contributed by atoms with Crippen LogP contribution in [0.1, 0.15) is 36.2 Å². The fourth-order valence-electron chi connectivity index (χ4n) is 2.72. The van der Waals surface area contributed by atoms with Gasteiger partial charge in [0.25, 0.3) is 0 Å². The number of carbonyl (C=O) groups excluding carboxylic acids is 1. The number of fused-ring (bicyclic) bond motifs is 1. The van der Waals surface area contributed by atoms with E-state index < -0.39 is 17.2 Å². The molecule has 0 radical (unpaired) electrons. The van der Waals surface area contributed by atoms with E-state index in [-0.39, 0.29) is 36.0 Å². The Hall–Kier alpha value is -2.41. The van der Waals surface area contributed by atoms with Gasteiger partial charge in [-0.3, -0.25) is 4.79 Å². The predicted octanol–water partition coefficient (Wildman–Crippen LogP) is 2.68. The van der Waals surface area contributed by atoms with Crippen molar-refractivity contribution in [1.82, 2.24) is 4.57 Å². The Morgan fingerprint density at radius 2 is 2.08 bits per heavy atom. The van der Waals surface area contributed by atoms with Crippen LogP contribution in [-0.4, -0.2) is 37.5 Å². The lowest BCUT2D eigenvalue weighted by molar-refractivity contribution is 0.0333. The molecule has 0 N–H and O–H groups in total. The normalized spacial score (nSPS) is 13.9. The summed E-state index contributed by atoms with van der Waals surface area (Å²) in [5, 5.41) is 0.143. The molecule has 0 unspecified atom stereocenters. The molecule has 2 aromatic rings. The second-order valence-corrected chi connectivity index (χ2v) is 5.85. The van der Waals surface area contributed by atoms with Gasteiger partial charge in [-0.1, -0.05) is 0 Å². The second-order valence-electron chi connectivity index (χ2n) is 5.85. The highest BCUT2D eigenvalue weighted by atomic mass is 19.1. The SMILES string of the molecule is CCOCCOC(=O)c1cn(C2CC2)c2cc(OC)c(F)cc2c1=O. The number of carbonyl (C=O) groups is 1. The highest BCUT2D eigenvalue weighted by Gasteiger charge is 2.28. The molecule has 1 fully saturated rings. The van der Waals surface area contributed by atoms with Gasteiger partial charge in [0.15, 0.2) is 11.6 Å². The molecule has 25 heavy (non-hydrogen) atoms. The van der Waals surface area contributed by atoms with E-state index in [2.05, 4.69) is 0 Å². The van der Waals surface area contributed by atoms with Crippen LogP contribution >= 0.6 is 0 Å². The van der Waals surface area contributed by atoms with Gasteiger partial charge in [0.1, 0.15) is 12.2 Å². The van der Waals surface area contributed by atoms with Gasteiger partial charge in [0.2, 0.25) is 5.43 Å². The van der Waals surface area contributed by atoms with Crippen LogP contribution in [0.15, 0.2) is 23.1 Å². The number of benzene rings is 1. The zero-order valence-electron chi connectivity index (χ0n) is 14.2. The standard InChI is InChI=1S/C18H20FNO5/c1-3-24-6-7-25-18(22)13-10-20(11-4-5-11)15-9-16(23-2)14(19)8-12(15)17(13)21/h8-11H,3-7H2,1-2H3. The molecule has 3 rings (SSSR count). The lowest BCUT2D eigenvalue weighted by atomic mass is 10.1. The summed E-state index contributed by atoms with van der Waals surface area (Å²) in [4.78, 5) is 24.9. The third-order valence-corrected chi connectivity index (χ3v) is 4.13. The van der Waals surface area contributed by atoms with Crippen LogP contribution in [0.2, 0.25) is 0 Å². The zero-order valence-corrected chi connectivity index (χ0v) is 14.2. The first-order valence-corrected chi connectivity index (χ1v) is 8.24. The van der Waals surface area contributed by atoms with Gasteiger partial charge >= 0.3 is 5.97 Å². The van der Waals surface area contributed by atoms with Crippen molar-refractivity contribution in [2.45, 2.75) is 25.8 Å². The largest absolute Gasteiger partial charge is 0.494 e. The number of esters is 1. The molecule has 0 saturated heterocycles. The minimum atomic E-state index is -0.725. The van der Waals surface area contributed by atoms with Crippen LogP contribution in [0.5, 0.6) is 5.75 Å². The Bertz CT molecular complexity index is 857. The summed E-state index contributed by atoms with van der Waals surface area (Å²) in [6, 6.07) is 2.80. The lowest BCUT2D eigenvalue weighted by Crippen LogP contribution is -2.22. The summed E-state index contributed by atoms with van der Waals surface area (Å²) in [5.41, 5.74) is -0.0908. The van der Waals surface area contributed by atoms with E-state index in [0.29, 0.717) is 12.1 Å². The molecule has 0 atom stereocenters. The first-order valence-electron chi connectivity index (χ1n) is 8.24. The monoisotopic (exact) mass is 349 g/mol. The van der Waals surface area contributed by atoms with Gasteiger partial charge < -0.3 is 18.8 Å². The van der Waals surface area contributed by atoms with E-state index in [4.69, 9.17) is 14.2 Å². The molecule has 0 amide bonds. The first-order chi connectivity index (χ1) is 12.1. The van der Waals surface area contributed by atoms with Gasteiger partial charge in [-0.15, -0.1) is 0 Å². The topological polar surface area (TPSA) is 66.8 Å². The van der Waals surface area contributed by atoms with Crippen molar-refractivity contribution >= 4 is 16.9 Å². The zero-order chi connectivity index (χ0) is 18.0. The Labute approximate surface area is 144 Å². The lowest BCUT2D eigenvalue weighted by Gasteiger charge is -2.14. The first kappa shape index (κ1) is 17.4. The Morgan fingerprint density at radius 3 is 2.72 bits per heavy atom. The van der Waals surface area contributed by atoms with Crippen molar-refractivity contribution in [3.05, 3.63) is 39.9 Å². The fraction of sp³-hybridized carbons (Fsp3) is 0.444. The highest BCUT2D eigenvalue weighted by Crippen LogP contribution is 2.38. The molecule has 1 aliphatic carbocycles. The quantitative estimate of drug-likeness (QED) is 0.568. The van der Waals surface area contributed by atoms with Crippen LogP contribution in [0.4, 0.5) is 4.39 Å². The van der Waals surface area contributed by atoms with E-state index in [0.717, 1.165) is 18.9 Å². The summed E-state index contributed by atoms with van der Waals surface area (Å²) in [7, 11) is 1.37. The number of halogens is 1. The van der Waals surface area contributed by atoms with Crippen LogP contribution in [-0.2, 0) is 9.47 Å². The van der Waals surface area contributed by atoms with Gasteiger partial charge in [0, 0.05) is 30.3 Å². The van der Waals surface area contributed by atoms with Crippen LogP contribution < -0.4 is 10.2 Å². The van der Waals surface area contributed by atoms with Gasteiger partial charge in [0.05, 0.1) is 19.2 Å². The summed E-state index contributed by atoms with van der Waals surface area (Å²) in [6.45, 7) is 2.68. The van der Waals surface area contributed by atoms with Crippen LogP contribution in [0.3, 0.4) is 0 Å². The smallest absolute Gasteiger partial charge is 0.343 e. The number of rotatable bonds is 7. The molecule has 1 heterocycles. The van der Waals surface area contributed by atoms with Crippen molar-refractivity contribution in [2.24, 2.45) is 0 Å². The van der Waals surface area contributed by atoms with Gasteiger partial charge in [-0.05, 0) is 25.8 Å². The molecule has 134 valence electrons. The van der Waals surface area contributed by atoms with E-state index in [1.807, 2.05) is 11.5 Å². The van der Waals surface area contributed by atoms with E-state index >= 15 is 0 Å². The molecule has 6 nitrogen and oxygen atoms in total. The molecular weight excluding hydrogens is 329 g/mol. The van der Waals surface area contributed by atoms with Crippen molar-refractivity contribution < 1.29 is 23.4 Å². The number of hydrogen-bond donors (Lipinski definition) is 0.